The van der Waals surface area contributed by atoms with Gasteiger partial charge in [-0.2, -0.15) is 4.98 Å². The second-order valence-corrected chi connectivity index (χ2v) is 3.24. The molecule has 0 aliphatic rings. The Morgan fingerprint density at radius 1 is 1.80 bits per heavy atom. The van der Waals surface area contributed by atoms with Crippen LogP contribution in [0, 0.1) is 0 Å². The molecule has 0 saturated heterocycles. The number of carboxylic acid groups (broad SMARTS) is 1. The number of nitrogens with zero attached hydrogens (tertiary/aromatic N) is 2. The third-order valence-corrected chi connectivity index (χ3v) is 2.08. The second kappa shape index (κ2) is 4.79. The number of carboxylic acids is 1. The van der Waals surface area contributed by atoms with E-state index in [0.717, 1.165) is 6.26 Å². The van der Waals surface area contributed by atoms with Gasteiger partial charge in [-0.05, 0) is 6.92 Å². The highest BCUT2D eigenvalue weighted by molar-refractivity contribution is 5.85. The number of likely N-dealkylation sites (N-methyl/N-ethyl adjacent to an activating group) is 1. The topological polar surface area (TPSA) is 75.8 Å². The van der Waals surface area contributed by atoms with Crippen LogP contribution in [0.1, 0.15) is 17.4 Å². The van der Waals surface area contributed by atoms with Crippen LogP contribution in [0.2, 0.25) is 0 Å². The smallest absolute Gasteiger partial charge is 0.357 e. The molecule has 15 heavy (non-hydrogen) atoms. The fraction of sp³-hybridized carbons (Fsp3) is 0.556. The first kappa shape index (κ1) is 11.5. The van der Waals surface area contributed by atoms with Crippen molar-refractivity contribution in [3.05, 3.63) is 12.0 Å². The molecule has 0 aliphatic heterocycles. The molecular weight excluding hydrogens is 200 g/mol. The van der Waals surface area contributed by atoms with E-state index in [4.69, 9.17) is 14.3 Å². The van der Waals surface area contributed by atoms with Crippen LogP contribution in [0.25, 0.3) is 0 Å². The number of anilines is 1. The minimum absolute atomic E-state index is 0.0651. The van der Waals surface area contributed by atoms with Crippen molar-refractivity contribution in [3.63, 3.8) is 0 Å². The van der Waals surface area contributed by atoms with Crippen LogP contribution >= 0.6 is 0 Å². The molecule has 1 N–H and O–H groups in total. The summed E-state index contributed by atoms with van der Waals surface area (Å²) in [5, 5.41) is 8.66. The molecule has 1 unspecified atom stereocenters. The average Bonchev–Trinajstić information content (AvgIpc) is 2.65. The van der Waals surface area contributed by atoms with Gasteiger partial charge in [-0.25, -0.2) is 4.79 Å². The molecular formula is C9H14N2O4. The maximum atomic E-state index is 10.6. The summed E-state index contributed by atoms with van der Waals surface area (Å²) in [4.78, 5) is 16.1. The predicted molar refractivity (Wildman–Crippen MR) is 53.2 cm³/mol. The minimum Gasteiger partial charge on any atom is -0.476 e. The maximum absolute atomic E-state index is 10.6. The van der Waals surface area contributed by atoms with Gasteiger partial charge in [0, 0.05) is 14.2 Å². The highest BCUT2D eigenvalue weighted by atomic mass is 16.5. The number of carbonyl (C=O) groups is 1. The Labute approximate surface area is 87.5 Å². The van der Waals surface area contributed by atoms with E-state index in [1.165, 1.54) is 0 Å². The predicted octanol–water partition coefficient (Wildman–Crippen LogP) is 0.844. The Morgan fingerprint density at radius 2 is 2.47 bits per heavy atom. The van der Waals surface area contributed by atoms with E-state index < -0.39 is 5.97 Å². The Morgan fingerprint density at radius 3 is 2.93 bits per heavy atom. The Bertz CT molecular complexity index is 337. The van der Waals surface area contributed by atoms with Gasteiger partial charge in [0.1, 0.15) is 6.26 Å². The molecule has 0 fully saturated rings. The number of ether oxygens (including phenoxy) is 1. The van der Waals surface area contributed by atoms with Crippen LogP contribution in [0.15, 0.2) is 10.7 Å². The summed E-state index contributed by atoms with van der Waals surface area (Å²) in [7, 11) is 3.36. The molecule has 1 rings (SSSR count). The van der Waals surface area contributed by atoms with E-state index in [0.29, 0.717) is 6.61 Å². The first-order valence-electron chi connectivity index (χ1n) is 4.46. The van der Waals surface area contributed by atoms with E-state index in [2.05, 4.69) is 4.98 Å². The van der Waals surface area contributed by atoms with Gasteiger partial charge in [0.15, 0.2) is 5.69 Å². The third kappa shape index (κ3) is 2.69. The molecule has 1 aromatic heterocycles. The molecule has 84 valence electrons. The van der Waals surface area contributed by atoms with Crippen molar-refractivity contribution in [3.8, 4) is 0 Å². The van der Waals surface area contributed by atoms with Crippen molar-refractivity contribution in [2.24, 2.45) is 0 Å². The number of methoxy groups -OCH3 is 1. The van der Waals surface area contributed by atoms with Crippen LogP contribution in [-0.2, 0) is 4.74 Å². The number of oxazole rings is 1. The van der Waals surface area contributed by atoms with Crippen molar-refractivity contribution in [2.45, 2.75) is 13.0 Å². The SMILES string of the molecule is COCC(C)N(C)c1nc(C(=O)O)co1. The van der Waals surface area contributed by atoms with Crippen LogP contribution < -0.4 is 4.90 Å². The third-order valence-electron chi connectivity index (χ3n) is 2.08. The lowest BCUT2D eigenvalue weighted by Gasteiger charge is -2.21. The normalized spacial score (nSPS) is 12.5. The van der Waals surface area contributed by atoms with Gasteiger partial charge in [0.2, 0.25) is 0 Å². The first-order chi connectivity index (χ1) is 7.06. The summed E-state index contributed by atoms with van der Waals surface area (Å²) < 4.78 is 10.0. The molecule has 0 aromatic carbocycles. The molecule has 0 saturated carbocycles. The van der Waals surface area contributed by atoms with Crippen molar-refractivity contribution < 1.29 is 19.1 Å². The number of aromatic carboxylic acids is 1. The Hall–Kier alpha value is -1.56. The van der Waals surface area contributed by atoms with Crippen LogP contribution in [0.5, 0.6) is 0 Å². The van der Waals surface area contributed by atoms with Crippen LogP contribution in [0.3, 0.4) is 0 Å². The monoisotopic (exact) mass is 214 g/mol. The van der Waals surface area contributed by atoms with Gasteiger partial charge in [-0.3, -0.25) is 0 Å². The zero-order valence-corrected chi connectivity index (χ0v) is 8.93. The fourth-order valence-corrected chi connectivity index (χ4v) is 1.07. The lowest BCUT2D eigenvalue weighted by molar-refractivity contribution is 0.0690. The molecule has 6 nitrogen and oxygen atoms in total. The summed E-state index contributed by atoms with van der Waals surface area (Å²) in [6.45, 7) is 2.44. The molecule has 0 radical (unpaired) electrons. The van der Waals surface area contributed by atoms with E-state index >= 15 is 0 Å². The standard InChI is InChI=1S/C9H14N2O4/c1-6(4-14-3)11(2)9-10-7(5-15-9)8(12)13/h5-6H,4H2,1-3H3,(H,12,13). The number of hydrogen-bond acceptors (Lipinski definition) is 5. The van der Waals surface area contributed by atoms with Gasteiger partial charge < -0.3 is 19.2 Å². The lowest BCUT2D eigenvalue weighted by atomic mass is 10.3. The van der Waals surface area contributed by atoms with Crippen molar-refractivity contribution in [1.82, 2.24) is 4.98 Å². The zero-order chi connectivity index (χ0) is 11.4. The molecule has 1 atom stereocenters. The molecule has 1 aromatic rings. The van der Waals surface area contributed by atoms with E-state index in [-0.39, 0.29) is 17.8 Å². The number of aromatic nitrogens is 1. The van der Waals surface area contributed by atoms with E-state index in [1.54, 1.807) is 19.1 Å². The van der Waals surface area contributed by atoms with Gasteiger partial charge in [0.05, 0.1) is 12.6 Å². The van der Waals surface area contributed by atoms with Gasteiger partial charge in [-0.15, -0.1) is 0 Å². The van der Waals surface area contributed by atoms with Crippen molar-refractivity contribution in [2.75, 3.05) is 25.7 Å². The first-order valence-corrected chi connectivity index (χ1v) is 4.46. The summed E-state index contributed by atoms with van der Waals surface area (Å²) in [5.74, 6) is -1.10. The fourth-order valence-electron chi connectivity index (χ4n) is 1.07. The Kier molecular flexibility index (Phi) is 3.68. The van der Waals surface area contributed by atoms with Crippen LogP contribution in [-0.4, -0.2) is 42.9 Å². The summed E-state index contributed by atoms with van der Waals surface area (Å²) in [6, 6.07) is 0.340. The van der Waals surface area contributed by atoms with Gasteiger partial charge in [-0.1, -0.05) is 0 Å². The van der Waals surface area contributed by atoms with Crippen LogP contribution in [0.4, 0.5) is 6.01 Å². The quantitative estimate of drug-likeness (QED) is 0.782. The molecule has 0 amide bonds. The lowest BCUT2D eigenvalue weighted by Crippen LogP contribution is -2.32. The van der Waals surface area contributed by atoms with Crippen molar-refractivity contribution >= 4 is 12.0 Å². The molecule has 0 bridgehead atoms. The second-order valence-electron chi connectivity index (χ2n) is 3.24. The maximum Gasteiger partial charge on any atom is 0.357 e. The van der Waals surface area contributed by atoms with Gasteiger partial charge in [0.25, 0.3) is 6.01 Å². The summed E-state index contributed by atoms with van der Waals surface area (Å²) >= 11 is 0. The Balaban J connectivity index is 2.73. The summed E-state index contributed by atoms with van der Waals surface area (Å²) in [6.07, 6.45) is 1.12. The molecule has 6 heteroatoms. The zero-order valence-electron chi connectivity index (χ0n) is 8.93. The largest absolute Gasteiger partial charge is 0.476 e. The number of hydrogen-bond donors (Lipinski definition) is 1. The van der Waals surface area contributed by atoms with Gasteiger partial charge >= 0.3 is 5.97 Å². The highest BCUT2D eigenvalue weighted by Gasteiger charge is 2.17. The van der Waals surface area contributed by atoms with E-state index in [1.807, 2.05) is 6.92 Å². The molecule has 1 heterocycles. The molecule has 0 spiro atoms. The highest BCUT2D eigenvalue weighted by Crippen LogP contribution is 2.14. The minimum atomic E-state index is -1.10. The number of rotatable bonds is 5. The van der Waals surface area contributed by atoms with Crippen molar-refractivity contribution in [1.29, 1.82) is 0 Å². The molecule has 0 aliphatic carbocycles. The summed E-state index contributed by atoms with van der Waals surface area (Å²) in [5.41, 5.74) is -0.0959. The van der Waals surface area contributed by atoms with E-state index in [9.17, 15) is 4.79 Å². The average molecular weight is 214 g/mol.